The number of rotatable bonds is 8. The Bertz CT molecular complexity index is 1230. The van der Waals surface area contributed by atoms with E-state index in [9.17, 15) is 19.0 Å². The summed E-state index contributed by atoms with van der Waals surface area (Å²) in [5, 5.41) is 24.2. The van der Waals surface area contributed by atoms with Crippen molar-refractivity contribution < 1.29 is 19.0 Å². The van der Waals surface area contributed by atoms with E-state index in [1.807, 2.05) is 6.07 Å². The van der Waals surface area contributed by atoms with Crippen molar-refractivity contribution >= 4 is 44.4 Å². The lowest BCUT2D eigenvalue weighted by Gasteiger charge is -2.23. The molecule has 0 amide bonds. The number of nitrogens with zero attached hydrogens (tertiary/aromatic N) is 3. The van der Waals surface area contributed by atoms with Crippen LogP contribution in [-0.2, 0) is 5.75 Å². The number of nitrogens with one attached hydrogen (secondary N) is 1. The molecule has 0 unspecified atom stereocenters. The van der Waals surface area contributed by atoms with E-state index >= 15 is 0 Å². The molecule has 2 aromatic heterocycles. The minimum atomic E-state index is -1.01. The minimum absolute atomic E-state index is 0.101. The molecule has 7 nitrogen and oxygen atoms in total. The lowest BCUT2D eigenvalue weighted by atomic mass is 10.0. The van der Waals surface area contributed by atoms with Gasteiger partial charge in [-0.1, -0.05) is 65.6 Å². The first kappa shape index (κ1) is 22.3. The highest BCUT2D eigenvalue weighted by molar-refractivity contribution is 7.98. The summed E-state index contributed by atoms with van der Waals surface area (Å²) in [5.41, 5.74) is 6.98. The van der Waals surface area contributed by atoms with E-state index in [1.54, 1.807) is 24.3 Å². The van der Waals surface area contributed by atoms with E-state index in [0.717, 1.165) is 29.2 Å². The van der Waals surface area contributed by atoms with E-state index in [0.29, 0.717) is 21.7 Å². The number of nitrogen functional groups attached to an aromatic ring is 1. The highest BCUT2D eigenvalue weighted by atomic mass is 32.2. The molecule has 0 saturated heterocycles. The van der Waals surface area contributed by atoms with Crippen molar-refractivity contribution in [3.8, 4) is 0 Å². The van der Waals surface area contributed by atoms with Gasteiger partial charge in [-0.05, 0) is 11.6 Å². The third-order valence-electron chi connectivity index (χ3n) is 4.68. The number of fused-ring (bicyclic) bond motifs is 1. The van der Waals surface area contributed by atoms with Crippen molar-refractivity contribution in [1.29, 1.82) is 0 Å². The van der Waals surface area contributed by atoms with Gasteiger partial charge >= 0.3 is 0 Å². The quantitative estimate of drug-likeness (QED) is 0.225. The molecule has 4 aromatic rings. The Labute approximate surface area is 190 Å². The first-order valence-electron chi connectivity index (χ1n) is 9.56. The molecular weight excluding hydrogens is 456 g/mol. The van der Waals surface area contributed by atoms with Crippen LogP contribution in [0.5, 0.6) is 0 Å². The normalized spacial score (nSPS) is 13.2. The number of halogens is 2. The zero-order valence-corrected chi connectivity index (χ0v) is 18.2. The molecule has 0 fully saturated rings. The lowest BCUT2D eigenvalue weighted by molar-refractivity contribution is 0.118. The van der Waals surface area contributed by atoms with Gasteiger partial charge in [-0.2, -0.15) is 0 Å². The number of anilines is 2. The molecule has 11 heteroatoms. The molecule has 2 heterocycles. The molecule has 5 N–H and O–H groups in total. The van der Waals surface area contributed by atoms with Gasteiger partial charge in [0.2, 0.25) is 0 Å². The number of aromatic nitrogens is 3. The molecule has 0 spiro atoms. The van der Waals surface area contributed by atoms with Gasteiger partial charge in [-0.25, -0.2) is 23.7 Å². The van der Waals surface area contributed by atoms with Crippen molar-refractivity contribution in [2.24, 2.45) is 0 Å². The second-order valence-corrected chi connectivity index (χ2v) is 8.82. The fourth-order valence-corrected chi connectivity index (χ4v) is 4.61. The van der Waals surface area contributed by atoms with Gasteiger partial charge in [-0.15, -0.1) is 0 Å². The number of aliphatic hydroxyl groups excluding tert-OH is 2. The Kier molecular flexibility index (Phi) is 6.80. The monoisotopic (exact) mass is 475 g/mol. The maximum atomic E-state index is 14.0. The molecule has 0 saturated carbocycles. The van der Waals surface area contributed by atoms with Gasteiger partial charge in [0, 0.05) is 11.3 Å². The summed E-state index contributed by atoms with van der Waals surface area (Å²) in [5.74, 6) is -1.40. The Morgan fingerprint density at radius 1 is 1.06 bits per heavy atom. The molecule has 0 aliphatic carbocycles. The molecular formula is C21H19F2N5O2S2. The average Bonchev–Trinajstić information content (AvgIpc) is 3.18. The summed E-state index contributed by atoms with van der Waals surface area (Å²) in [4.78, 5) is 13.0. The van der Waals surface area contributed by atoms with Gasteiger partial charge in [-0.3, -0.25) is 0 Å². The van der Waals surface area contributed by atoms with Crippen LogP contribution in [0.3, 0.4) is 0 Å². The number of hydrogen-bond donors (Lipinski definition) is 4. The van der Waals surface area contributed by atoms with Crippen LogP contribution in [0.2, 0.25) is 0 Å². The second-order valence-electron chi connectivity index (χ2n) is 6.85. The van der Waals surface area contributed by atoms with Crippen molar-refractivity contribution in [1.82, 2.24) is 15.0 Å². The zero-order valence-electron chi connectivity index (χ0n) is 16.6. The Balaban J connectivity index is 1.62. The van der Waals surface area contributed by atoms with Gasteiger partial charge in [0.05, 0.1) is 12.6 Å². The number of nitrogens with two attached hydrogens (primary N) is 1. The molecule has 0 aliphatic rings. The maximum absolute atomic E-state index is 14.0. The summed E-state index contributed by atoms with van der Waals surface area (Å²) < 4.78 is 28.0. The van der Waals surface area contributed by atoms with Crippen LogP contribution in [-0.4, -0.2) is 37.8 Å². The summed E-state index contributed by atoms with van der Waals surface area (Å²) in [6.07, 6.45) is -1.01. The van der Waals surface area contributed by atoms with Crippen molar-refractivity contribution in [2.75, 3.05) is 17.7 Å². The maximum Gasteiger partial charge on any atom is 0.191 e. The van der Waals surface area contributed by atoms with Crippen LogP contribution in [0.25, 0.3) is 10.3 Å². The van der Waals surface area contributed by atoms with Crippen molar-refractivity contribution in [2.45, 2.75) is 23.1 Å². The summed E-state index contributed by atoms with van der Waals surface area (Å²) >= 11 is 2.27. The number of hydrogen-bond acceptors (Lipinski definition) is 9. The predicted octanol–water partition coefficient (Wildman–Crippen LogP) is 3.75. The van der Waals surface area contributed by atoms with E-state index in [4.69, 9.17) is 5.73 Å². The zero-order chi connectivity index (χ0) is 22.7. The fraction of sp³-hybridized carbons (Fsp3) is 0.190. The molecule has 4 rings (SSSR count). The largest absolute Gasteiger partial charge is 0.394 e. The Morgan fingerprint density at radius 3 is 2.59 bits per heavy atom. The van der Waals surface area contributed by atoms with Gasteiger partial charge < -0.3 is 21.3 Å². The predicted molar refractivity (Wildman–Crippen MR) is 121 cm³/mol. The SMILES string of the molecule is Nc1nc2nc(SCc3cccc(F)c3F)nc(N[C@@H](CO)[C@@H](O)c3ccccc3)c2s1. The minimum Gasteiger partial charge on any atom is -0.394 e. The third kappa shape index (κ3) is 4.80. The number of benzene rings is 2. The van der Waals surface area contributed by atoms with Gasteiger partial charge in [0.1, 0.15) is 10.8 Å². The highest BCUT2D eigenvalue weighted by Crippen LogP contribution is 2.33. The number of aliphatic hydroxyl groups is 2. The number of thiazole rings is 1. The Morgan fingerprint density at radius 2 is 1.84 bits per heavy atom. The van der Waals surface area contributed by atoms with Crippen LogP contribution >= 0.6 is 23.1 Å². The van der Waals surface area contributed by atoms with Crippen LogP contribution in [0.15, 0.2) is 53.7 Å². The van der Waals surface area contributed by atoms with Crippen LogP contribution in [0, 0.1) is 11.6 Å². The van der Waals surface area contributed by atoms with Crippen molar-refractivity contribution in [3.05, 3.63) is 71.3 Å². The molecule has 32 heavy (non-hydrogen) atoms. The van der Waals surface area contributed by atoms with E-state index in [1.165, 1.54) is 12.1 Å². The van der Waals surface area contributed by atoms with Gasteiger partial charge in [0.25, 0.3) is 0 Å². The lowest BCUT2D eigenvalue weighted by Crippen LogP contribution is -2.31. The third-order valence-corrected chi connectivity index (χ3v) is 6.46. The summed E-state index contributed by atoms with van der Waals surface area (Å²) in [6.45, 7) is -0.368. The average molecular weight is 476 g/mol. The van der Waals surface area contributed by atoms with Crippen LogP contribution in [0.4, 0.5) is 19.7 Å². The smallest absolute Gasteiger partial charge is 0.191 e. The van der Waals surface area contributed by atoms with Gasteiger partial charge in [0.15, 0.2) is 33.4 Å². The number of thioether (sulfide) groups is 1. The highest BCUT2D eigenvalue weighted by Gasteiger charge is 2.23. The van der Waals surface area contributed by atoms with Crippen LogP contribution < -0.4 is 11.1 Å². The molecule has 166 valence electrons. The first-order valence-corrected chi connectivity index (χ1v) is 11.4. The summed E-state index contributed by atoms with van der Waals surface area (Å²) in [7, 11) is 0. The standard InChI is InChI=1S/C21H19F2N5O2S2/c22-13-8-4-7-12(15(13)23)10-31-21-27-18(17-19(28-21)26-20(24)32-17)25-14(9-29)16(30)11-5-2-1-3-6-11/h1-8,14,16,29-30H,9-10H2,(H3,24,25,26,27,28)/t14-,16-/m0/s1. The van der Waals surface area contributed by atoms with E-state index in [-0.39, 0.29) is 28.2 Å². The molecule has 0 bridgehead atoms. The molecule has 0 radical (unpaired) electrons. The van der Waals surface area contributed by atoms with Crippen molar-refractivity contribution in [3.63, 3.8) is 0 Å². The second kappa shape index (κ2) is 9.74. The first-order chi connectivity index (χ1) is 15.5. The van der Waals surface area contributed by atoms with E-state index in [2.05, 4.69) is 20.3 Å². The Hall–Kier alpha value is -2.86. The van der Waals surface area contributed by atoms with E-state index < -0.39 is 23.8 Å². The summed E-state index contributed by atoms with van der Waals surface area (Å²) in [6, 6.07) is 12.1. The van der Waals surface area contributed by atoms with Crippen LogP contribution in [0.1, 0.15) is 17.2 Å². The fourth-order valence-electron chi connectivity index (χ4n) is 3.07. The molecule has 2 aromatic carbocycles. The topological polar surface area (TPSA) is 117 Å². The molecule has 0 aliphatic heterocycles. The molecule has 2 atom stereocenters.